The van der Waals surface area contributed by atoms with Crippen molar-refractivity contribution in [1.29, 1.82) is 0 Å². The fraction of sp³-hybridized carbons (Fsp3) is 0.571. The molecule has 1 atom stereocenters. The minimum absolute atomic E-state index is 0.169. The Bertz CT molecular complexity index is 439. The van der Waals surface area contributed by atoms with Gasteiger partial charge in [-0.15, -0.1) is 0 Å². The van der Waals surface area contributed by atoms with E-state index in [1.165, 1.54) is 4.90 Å². The summed E-state index contributed by atoms with van der Waals surface area (Å²) in [7, 11) is 0. The van der Waals surface area contributed by atoms with Crippen LogP contribution in [0.25, 0.3) is 0 Å². The quantitative estimate of drug-likeness (QED) is 0.712. The van der Waals surface area contributed by atoms with Gasteiger partial charge in [0.1, 0.15) is 5.75 Å². The zero-order valence-electron chi connectivity index (χ0n) is 11.0. The van der Waals surface area contributed by atoms with Crippen LogP contribution in [0.2, 0.25) is 0 Å². The molecule has 0 aromatic heterocycles. The maximum absolute atomic E-state index is 12.4. The zero-order valence-corrected chi connectivity index (χ0v) is 13.2. The van der Waals surface area contributed by atoms with Crippen LogP contribution < -0.4 is 4.74 Å². The van der Waals surface area contributed by atoms with E-state index in [4.69, 9.17) is 4.74 Å². The normalized spacial score (nSPS) is 20.9. The summed E-state index contributed by atoms with van der Waals surface area (Å²) in [5.74, 6) is 0.975. The molecule has 0 aliphatic carbocycles. The molecule has 0 saturated carbocycles. The molecule has 1 aromatic rings. The van der Waals surface area contributed by atoms with Gasteiger partial charge in [-0.3, -0.25) is 4.90 Å². The number of benzene rings is 1. The third kappa shape index (κ3) is 5.12. The zero-order chi connectivity index (χ0) is 14.6. The fourth-order valence-electron chi connectivity index (χ4n) is 2.45. The molecule has 112 valence electrons. The smallest absolute Gasteiger partial charge is 0.401 e. The summed E-state index contributed by atoms with van der Waals surface area (Å²) in [6.07, 6.45) is -2.38. The Hall–Kier alpha value is -0.500. The third-order valence-corrected chi connectivity index (χ3v) is 4.21. The first-order valence-electron chi connectivity index (χ1n) is 6.60. The second-order valence-electron chi connectivity index (χ2n) is 5.10. The van der Waals surface area contributed by atoms with Gasteiger partial charge in [0.25, 0.3) is 0 Å². The molecular formula is C14H17F3INO. The summed E-state index contributed by atoms with van der Waals surface area (Å²) in [4.78, 5) is 1.48. The Kier molecular flexibility index (Phi) is 5.54. The number of piperidine rings is 1. The van der Waals surface area contributed by atoms with Crippen LogP contribution in [-0.2, 0) is 0 Å². The van der Waals surface area contributed by atoms with Gasteiger partial charge in [-0.05, 0) is 54.1 Å². The number of alkyl halides is 3. The van der Waals surface area contributed by atoms with E-state index >= 15 is 0 Å². The highest BCUT2D eigenvalue weighted by atomic mass is 127. The number of hydrogen-bond acceptors (Lipinski definition) is 2. The Balaban J connectivity index is 1.83. The molecule has 2 rings (SSSR count). The summed E-state index contributed by atoms with van der Waals surface area (Å²) in [5.41, 5.74) is 0. The van der Waals surface area contributed by atoms with E-state index in [0.717, 1.165) is 22.2 Å². The Morgan fingerprint density at radius 3 is 2.75 bits per heavy atom. The highest BCUT2D eigenvalue weighted by Crippen LogP contribution is 2.24. The van der Waals surface area contributed by atoms with Crippen LogP contribution in [0, 0.1) is 9.49 Å². The predicted molar refractivity (Wildman–Crippen MR) is 79.9 cm³/mol. The summed E-state index contributed by atoms with van der Waals surface area (Å²) in [5, 5.41) is 0. The molecule has 1 aliphatic heterocycles. The van der Waals surface area contributed by atoms with E-state index < -0.39 is 12.7 Å². The van der Waals surface area contributed by atoms with Crippen LogP contribution in [0.5, 0.6) is 5.75 Å². The van der Waals surface area contributed by atoms with Gasteiger partial charge in [0.2, 0.25) is 0 Å². The van der Waals surface area contributed by atoms with E-state index in [1.54, 1.807) is 0 Å². The molecule has 0 unspecified atom stereocenters. The molecular weight excluding hydrogens is 382 g/mol. The lowest BCUT2D eigenvalue weighted by Gasteiger charge is -2.33. The van der Waals surface area contributed by atoms with Crippen LogP contribution in [0.3, 0.4) is 0 Å². The molecule has 1 saturated heterocycles. The SMILES string of the molecule is FC(F)(F)CN1CCC[C@@H](COc2ccccc2I)C1. The number of likely N-dealkylation sites (tertiary alicyclic amines) is 1. The molecule has 6 heteroatoms. The lowest BCUT2D eigenvalue weighted by atomic mass is 9.99. The van der Waals surface area contributed by atoms with Crippen molar-refractivity contribution in [2.24, 2.45) is 5.92 Å². The lowest BCUT2D eigenvalue weighted by Crippen LogP contribution is -2.42. The van der Waals surface area contributed by atoms with Gasteiger partial charge in [-0.25, -0.2) is 0 Å². The number of hydrogen-bond donors (Lipinski definition) is 0. The fourth-order valence-corrected chi connectivity index (χ4v) is 3.00. The molecule has 1 aliphatic rings. The van der Waals surface area contributed by atoms with Crippen molar-refractivity contribution >= 4 is 22.6 Å². The van der Waals surface area contributed by atoms with Gasteiger partial charge in [-0.1, -0.05) is 12.1 Å². The van der Waals surface area contributed by atoms with Gasteiger partial charge < -0.3 is 4.74 Å². The third-order valence-electron chi connectivity index (χ3n) is 3.32. The van der Waals surface area contributed by atoms with Crippen LogP contribution in [-0.4, -0.2) is 37.3 Å². The monoisotopic (exact) mass is 399 g/mol. The summed E-state index contributed by atoms with van der Waals surface area (Å²) in [6.45, 7) is 0.655. The van der Waals surface area contributed by atoms with E-state index in [-0.39, 0.29) is 5.92 Å². The van der Waals surface area contributed by atoms with Crippen molar-refractivity contribution in [3.05, 3.63) is 27.8 Å². The average Bonchev–Trinajstić information content (AvgIpc) is 2.36. The first kappa shape index (κ1) is 15.9. The molecule has 1 fully saturated rings. The van der Waals surface area contributed by atoms with Crippen molar-refractivity contribution in [3.8, 4) is 5.75 Å². The van der Waals surface area contributed by atoms with Gasteiger partial charge in [-0.2, -0.15) is 13.2 Å². The van der Waals surface area contributed by atoms with Crippen molar-refractivity contribution in [2.45, 2.75) is 19.0 Å². The largest absolute Gasteiger partial charge is 0.492 e. The number of halogens is 4. The van der Waals surface area contributed by atoms with E-state index in [2.05, 4.69) is 22.6 Å². The average molecular weight is 399 g/mol. The molecule has 2 nitrogen and oxygen atoms in total. The molecule has 0 amide bonds. The standard InChI is InChI=1S/C14H17F3INO/c15-14(16,17)10-19-7-3-4-11(8-19)9-20-13-6-2-1-5-12(13)18/h1-2,5-6,11H,3-4,7-10H2/t11-/m1/s1. The van der Waals surface area contributed by atoms with Gasteiger partial charge in [0.05, 0.1) is 16.7 Å². The Morgan fingerprint density at radius 2 is 2.05 bits per heavy atom. The Morgan fingerprint density at radius 1 is 1.30 bits per heavy atom. The van der Waals surface area contributed by atoms with Crippen LogP contribution in [0.4, 0.5) is 13.2 Å². The van der Waals surface area contributed by atoms with E-state index in [1.807, 2.05) is 24.3 Å². The Labute approximate surface area is 130 Å². The van der Waals surface area contributed by atoms with Crippen molar-refractivity contribution < 1.29 is 17.9 Å². The molecule has 0 radical (unpaired) electrons. The highest BCUT2D eigenvalue weighted by Gasteiger charge is 2.33. The highest BCUT2D eigenvalue weighted by molar-refractivity contribution is 14.1. The van der Waals surface area contributed by atoms with Gasteiger partial charge in [0.15, 0.2) is 0 Å². The topological polar surface area (TPSA) is 12.5 Å². The first-order chi connectivity index (χ1) is 9.44. The van der Waals surface area contributed by atoms with Gasteiger partial charge >= 0.3 is 6.18 Å². The molecule has 0 N–H and O–H groups in total. The van der Waals surface area contributed by atoms with E-state index in [9.17, 15) is 13.2 Å². The molecule has 1 aromatic carbocycles. The number of nitrogens with zero attached hydrogens (tertiary/aromatic N) is 1. The summed E-state index contributed by atoms with van der Waals surface area (Å²) in [6, 6.07) is 7.67. The second-order valence-corrected chi connectivity index (χ2v) is 6.26. The molecule has 20 heavy (non-hydrogen) atoms. The molecule has 0 spiro atoms. The molecule has 0 bridgehead atoms. The first-order valence-corrected chi connectivity index (χ1v) is 7.68. The minimum atomic E-state index is -4.11. The summed E-state index contributed by atoms with van der Waals surface area (Å²) < 4.78 is 44.0. The van der Waals surface area contributed by atoms with Crippen molar-refractivity contribution in [3.63, 3.8) is 0 Å². The number of para-hydroxylation sites is 1. The van der Waals surface area contributed by atoms with Crippen LogP contribution >= 0.6 is 22.6 Å². The van der Waals surface area contributed by atoms with E-state index in [0.29, 0.717) is 19.7 Å². The minimum Gasteiger partial charge on any atom is -0.492 e. The second kappa shape index (κ2) is 6.98. The predicted octanol–water partition coefficient (Wildman–Crippen LogP) is 3.94. The maximum Gasteiger partial charge on any atom is 0.401 e. The number of ether oxygens (including phenoxy) is 1. The molecule has 1 heterocycles. The summed E-state index contributed by atoms with van der Waals surface area (Å²) >= 11 is 2.19. The van der Waals surface area contributed by atoms with Gasteiger partial charge in [0, 0.05) is 12.5 Å². The van der Waals surface area contributed by atoms with Crippen molar-refractivity contribution in [1.82, 2.24) is 4.90 Å². The number of rotatable bonds is 4. The van der Waals surface area contributed by atoms with Crippen molar-refractivity contribution in [2.75, 3.05) is 26.2 Å². The van der Waals surface area contributed by atoms with Crippen LogP contribution in [0.1, 0.15) is 12.8 Å². The lowest BCUT2D eigenvalue weighted by molar-refractivity contribution is -0.149. The maximum atomic E-state index is 12.4. The van der Waals surface area contributed by atoms with Crippen LogP contribution in [0.15, 0.2) is 24.3 Å².